The van der Waals surface area contributed by atoms with Crippen molar-refractivity contribution in [3.8, 4) is 11.1 Å². The van der Waals surface area contributed by atoms with Crippen molar-refractivity contribution < 1.29 is 23.4 Å². The standard InChI is InChI=1S/C25H21F3N2O2/c26-25(27,28)24-12-9-19(15-29-24)23(32)14-21-10-11-22(31)16-30(21)20-8-4-7-18(13-20)17-5-2-1-3-6-17/h1-13,15-16,21,23,31-32H,14H2. The van der Waals surface area contributed by atoms with Gasteiger partial charge >= 0.3 is 6.18 Å². The summed E-state index contributed by atoms with van der Waals surface area (Å²) in [5, 5.41) is 20.7. The van der Waals surface area contributed by atoms with Crippen molar-refractivity contribution in [3.05, 3.63) is 108 Å². The van der Waals surface area contributed by atoms with E-state index in [2.05, 4.69) is 4.98 Å². The minimum atomic E-state index is -4.53. The van der Waals surface area contributed by atoms with E-state index < -0.39 is 18.0 Å². The van der Waals surface area contributed by atoms with Gasteiger partial charge in [0.15, 0.2) is 0 Å². The number of allylic oxidation sites excluding steroid dienone is 1. The van der Waals surface area contributed by atoms with Crippen molar-refractivity contribution >= 4 is 5.69 Å². The first-order valence-electron chi connectivity index (χ1n) is 10.1. The molecule has 0 bridgehead atoms. The van der Waals surface area contributed by atoms with Gasteiger partial charge in [0.05, 0.1) is 12.1 Å². The summed E-state index contributed by atoms with van der Waals surface area (Å²) in [6.45, 7) is 0. The van der Waals surface area contributed by atoms with Crippen LogP contribution in [0.4, 0.5) is 18.9 Å². The number of hydrogen-bond donors (Lipinski definition) is 2. The molecule has 0 spiro atoms. The van der Waals surface area contributed by atoms with Crippen LogP contribution >= 0.6 is 0 Å². The first-order chi connectivity index (χ1) is 15.3. The molecular formula is C25H21F3N2O2. The van der Waals surface area contributed by atoms with E-state index in [4.69, 9.17) is 0 Å². The summed E-state index contributed by atoms with van der Waals surface area (Å²) in [5.74, 6) is 0.0667. The Morgan fingerprint density at radius 3 is 2.41 bits per heavy atom. The van der Waals surface area contributed by atoms with Gasteiger partial charge in [-0.3, -0.25) is 4.98 Å². The molecule has 1 aliphatic heterocycles. The number of halogens is 3. The second kappa shape index (κ2) is 8.88. The number of pyridine rings is 1. The molecule has 164 valence electrons. The topological polar surface area (TPSA) is 56.6 Å². The third-order valence-corrected chi connectivity index (χ3v) is 5.30. The van der Waals surface area contributed by atoms with Crippen molar-refractivity contribution in [2.24, 2.45) is 0 Å². The predicted octanol–water partition coefficient (Wildman–Crippen LogP) is 6.04. The van der Waals surface area contributed by atoms with E-state index in [1.807, 2.05) is 59.5 Å². The van der Waals surface area contributed by atoms with Crippen molar-refractivity contribution in [1.82, 2.24) is 4.98 Å². The molecule has 2 N–H and O–H groups in total. The first kappa shape index (κ1) is 21.6. The van der Waals surface area contributed by atoms with Gasteiger partial charge in [-0.15, -0.1) is 0 Å². The van der Waals surface area contributed by atoms with Gasteiger partial charge in [-0.25, -0.2) is 0 Å². The van der Waals surface area contributed by atoms with E-state index in [0.29, 0.717) is 5.56 Å². The van der Waals surface area contributed by atoms with Gasteiger partial charge in [0.25, 0.3) is 0 Å². The molecule has 32 heavy (non-hydrogen) atoms. The summed E-state index contributed by atoms with van der Waals surface area (Å²) in [5.41, 5.74) is 2.14. The molecule has 0 radical (unpaired) electrons. The maximum absolute atomic E-state index is 12.8. The lowest BCUT2D eigenvalue weighted by Gasteiger charge is -2.32. The first-order valence-corrected chi connectivity index (χ1v) is 10.1. The van der Waals surface area contributed by atoms with Crippen molar-refractivity contribution in [3.63, 3.8) is 0 Å². The molecule has 3 aromatic rings. The van der Waals surface area contributed by atoms with Crippen LogP contribution in [-0.4, -0.2) is 21.2 Å². The summed E-state index contributed by atoms with van der Waals surface area (Å²) in [6.07, 6.45) is 0.556. The van der Waals surface area contributed by atoms with Crippen LogP contribution in [0.2, 0.25) is 0 Å². The molecular weight excluding hydrogens is 417 g/mol. The van der Waals surface area contributed by atoms with Gasteiger partial charge in [-0.2, -0.15) is 13.2 Å². The number of aromatic nitrogens is 1. The Hall–Kier alpha value is -3.58. The van der Waals surface area contributed by atoms with Crippen LogP contribution in [0.1, 0.15) is 23.8 Å². The second-order valence-corrected chi connectivity index (χ2v) is 7.53. The number of hydrogen-bond acceptors (Lipinski definition) is 4. The third kappa shape index (κ3) is 4.84. The van der Waals surface area contributed by atoms with Crippen LogP contribution in [0.5, 0.6) is 0 Å². The molecule has 4 rings (SSSR count). The quantitative estimate of drug-likeness (QED) is 0.510. The molecule has 0 aliphatic carbocycles. The smallest absolute Gasteiger partial charge is 0.433 e. The number of alkyl halides is 3. The summed E-state index contributed by atoms with van der Waals surface area (Å²) in [4.78, 5) is 5.27. The SMILES string of the molecule is OC1=CN(c2cccc(-c3ccccc3)c2)C(CC(O)c2ccc(C(F)(F)F)nc2)C=C1. The highest BCUT2D eigenvalue weighted by Crippen LogP contribution is 2.32. The Kier molecular flexibility index (Phi) is 6.01. The predicted molar refractivity (Wildman–Crippen MR) is 117 cm³/mol. The summed E-state index contributed by atoms with van der Waals surface area (Å²) >= 11 is 0. The van der Waals surface area contributed by atoms with Crippen LogP contribution in [-0.2, 0) is 6.18 Å². The molecule has 1 aliphatic rings. The van der Waals surface area contributed by atoms with E-state index >= 15 is 0 Å². The van der Waals surface area contributed by atoms with E-state index in [-0.39, 0.29) is 18.2 Å². The lowest BCUT2D eigenvalue weighted by atomic mass is 9.98. The van der Waals surface area contributed by atoms with Crippen molar-refractivity contribution in [2.45, 2.75) is 24.7 Å². The van der Waals surface area contributed by atoms with E-state index in [1.165, 1.54) is 6.07 Å². The fourth-order valence-electron chi connectivity index (χ4n) is 3.65. The average Bonchev–Trinajstić information content (AvgIpc) is 2.80. The molecule has 2 unspecified atom stereocenters. The Labute approximate surface area is 183 Å². The lowest BCUT2D eigenvalue weighted by Crippen LogP contribution is -2.33. The number of benzene rings is 2. The fourth-order valence-corrected chi connectivity index (χ4v) is 3.65. The normalized spacial score (nSPS) is 17.2. The minimum Gasteiger partial charge on any atom is -0.506 e. The average molecular weight is 438 g/mol. The molecule has 0 amide bonds. The van der Waals surface area contributed by atoms with Gasteiger partial charge in [0.2, 0.25) is 0 Å². The molecule has 1 aromatic heterocycles. The Balaban J connectivity index is 1.57. The highest BCUT2D eigenvalue weighted by molar-refractivity contribution is 5.69. The molecule has 2 aromatic carbocycles. The van der Waals surface area contributed by atoms with Crippen LogP contribution in [0, 0.1) is 0 Å². The summed E-state index contributed by atoms with van der Waals surface area (Å²) in [7, 11) is 0. The van der Waals surface area contributed by atoms with Gasteiger partial charge in [0, 0.05) is 24.5 Å². The number of nitrogens with zero attached hydrogens (tertiary/aromatic N) is 2. The second-order valence-electron chi connectivity index (χ2n) is 7.53. The zero-order valence-corrected chi connectivity index (χ0v) is 16.9. The summed E-state index contributed by atoms with van der Waals surface area (Å²) in [6, 6.07) is 19.4. The third-order valence-electron chi connectivity index (χ3n) is 5.30. The van der Waals surface area contributed by atoms with E-state index in [9.17, 15) is 23.4 Å². The molecule has 0 saturated carbocycles. The number of rotatable bonds is 5. The fraction of sp³-hybridized carbons (Fsp3) is 0.160. The van der Waals surface area contributed by atoms with Crippen LogP contribution in [0.15, 0.2) is 97.0 Å². The number of aliphatic hydroxyl groups is 2. The zero-order chi connectivity index (χ0) is 22.7. The lowest BCUT2D eigenvalue weighted by molar-refractivity contribution is -0.141. The molecule has 7 heteroatoms. The Morgan fingerprint density at radius 2 is 1.72 bits per heavy atom. The van der Waals surface area contributed by atoms with Crippen LogP contribution in [0.3, 0.4) is 0 Å². The molecule has 2 atom stereocenters. The number of anilines is 1. The van der Waals surface area contributed by atoms with Gasteiger partial charge < -0.3 is 15.1 Å². The maximum atomic E-state index is 12.8. The minimum absolute atomic E-state index is 0.0667. The monoisotopic (exact) mass is 438 g/mol. The highest BCUT2D eigenvalue weighted by Gasteiger charge is 2.32. The van der Waals surface area contributed by atoms with Gasteiger partial charge in [0.1, 0.15) is 11.5 Å². The Morgan fingerprint density at radius 1 is 0.969 bits per heavy atom. The molecule has 2 heterocycles. The van der Waals surface area contributed by atoms with Gasteiger partial charge in [-0.05, 0) is 41.0 Å². The van der Waals surface area contributed by atoms with Crippen molar-refractivity contribution in [2.75, 3.05) is 4.90 Å². The number of aliphatic hydroxyl groups excluding tert-OH is 2. The molecule has 0 fully saturated rings. The van der Waals surface area contributed by atoms with Crippen LogP contribution < -0.4 is 4.90 Å². The van der Waals surface area contributed by atoms with E-state index in [0.717, 1.165) is 29.1 Å². The van der Waals surface area contributed by atoms with Crippen molar-refractivity contribution in [1.29, 1.82) is 0 Å². The molecule has 0 saturated heterocycles. The maximum Gasteiger partial charge on any atom is 0.433 e. The molecule has 4 nitrogen and oxygen atoms in total. The summed E-state index contributed by atoms with van der Waals surface area (Å²) < 4.78 is 38.3. The van der Waals surface area contributed by atoms with Crippen LogP contribution in [0.25, 0.3) is 11.1 Å². The highest BCUT2D eigenvalue weighted by atomic mass is 19.4. The Bertz CT molecular complexity index is 1130. The van der Waals surface area contributed by atoms with E-state index in [1.54, 1.807) is 18.4 Å². The van der Waals surface area contributed by atoms with Gasteiger partial charge in [-0.1, -0.05) is 54.6 Å². The zero-order valence-electron chi connectivity index (χ0n) is 16.9. The largest absolute Gasteiger partial charge is 0.506 e.